The molecule has 0 atom stereocenters. The zero-order valence-corrected chi connectivity index (χ0v) is 11.5. The Morgan fingerprint density at radius 1 is 1.11 bits per heavy atom. The molecule has 0 unspecified atom stereocenters. The molecule has 0 fully saturated rings. The number of imidazole rings is 1. The van der Waals surface area contributed by atoms with Crippen LogP contribution in [0.5, 0.6) is 0 Å². The standard InChI is InChI=1S/C15H18N2O/c1-9-6-10(2)12(4)14(11(9)3)15-13(7-18)16-8-17(15)5/h6-8H,1-5H3. The summed E-state index contributed by atoms with van der Waals surface area (Å²) in [5.74, 6) is 0. The lowest BCUT2D eigenvalue weighted by Crippen LogP contribution is -2.01. The second-order valence-electron chi connectivity index (χ2n) is 4.84. The minimum atomic E-state index is 0.508. The van der Waals surface area contributed by atoms with E-state index in [0.717, 1.165) is 17.5 Å². The molecule has 0 saturated heterocycles. The van der Waals surface area contributed by atoms with Crippen molar-refractivity contribution in [1.82, 2.24) is 9.55 Å². The summed E-state index contributed by atoms with van der Waals surface area (Å²) in [6.45, 7) is 8.39. The summed E-state index contributed by atoms with van der Waals surface area (Å²) in [4.78, 5) is 15.3. The Morgan fingerprint density at radius 2 is 1.67 bits per heavy atom. The molecule has 0 bridgehead atoms. The Bertz CT molecular complexity index is 598. The van der Waals surface area contributed by atoms with Gasteiger partial charge in [0, 0.05) is 12.6 Å². The fourth-order valence-electron chi connectivity index (χ4n) is 2.41. The molecule has 0 aliphatic rings. The molecule has 1 heterocycles. The highest BCUT2D eigenvalue weighted by atomic mass is 16.1. The summed E-state index contributed by atoms with van der Waals surface area (Å²) >= 11 is 0. The average Bonchev–Trinajstić information content (AvgIpc) is 2.69. The fourth-order valence-corrected chi connectivity index (χ4v) is 2.41. The number of aldehydes is 1. The van der Waals surface area contributed by atoms with Crippen molar-refractivity contribution in [2.75, 3.05) is 0 Å². The maximum atomic E-state index is 11.1. The van der Waals surface area contributed by atoms with E-state index in [0.29, 0.717) is 5.69 Å². The number of carbonyl (C=O) groups excluding carboxylic acids is 1. The van der Waals surface area contributed by atoms with Crippen molar-refractivity contribution >= 4 is 6.29 Å². The largest absolute Gasteiger partial charge is 0.333 e. The van der Waals surface area contributed by atoms with Crippen LogP contribution in [0.1, 0.15) is 32.7 Å². The lowest BCUT2D eigenvalue weighted by atomic mass is 9.91. The maximum absolute atomic E-state index is 11.1. The Kier molecular flexibility index (Phi) is 3.07. The van der Waals surface area contributed by atoms with E-state index < -0.39 is 0 Å². The minimum absolute atomic E-state index is 0.508. The van der Waals surface area contributed by atoms with Crippen LogP contribution in [0.2, 0.25) is 0 Å². The first-order valence-corrected chi connectivity index (χ1v) is 6.01. The van der Waals surface area contributed by atoms with E-state index in [1.807, 2.05) is 11.6 Å². The molecule has 0 N–H and O–H groups in total. The lowest BCUT2D eigenvalue weighted by molar-refractivity contribution is 0.112. The molecule has 0 saturated carbocycles. The molecular weight excluding hydrogens is 224 g/mol. The van der Waals surface area contributed by atoms with Gasteiger partial charge in [-0.2, -0.15) is 0 Å². The van der Waals surface area contributed by atoms with Gasteiger partial charge < -0.3 is 4.57 Å². The highest BCUT2D eigenvalue weighted by Crippen LogP contribution is 2.32. The SMILES string of the molecule is Cc1cc(C)c(C)c(-c2c(C=O)ncn2C)c1C. The van der Waals surface area contributed by atoms with Gasteiger partial charge in [-0.3, -0.25) is 4.79 Å². The molecule has 18 heavy (non-hydrogen) atoms. The van der Waals surface area contributed by atoms with Crippen molar-refractivity contribution in [2.24, 2.45) is 7.05 Å². The first-order valence-electron chi connectivity index (χ1n) is 6.01. The summed E-state index contributed by atoms with van der Waals surface area (Å²) in [5.41, 5.74) is 7.46. The number of nitrogens with zero attached hydrogens (tertiary/aromatic N) is 2. The normalized spacial score (nSPS) is 10.7. The molecule has 94 valence electrons. The third-order valence-electron chi connectivity index (χ3n) is 3.68. The second kappa shape index (κ2) is 4.41. The Hall–Kier alpha value is -1.90. The van der Waals surface area contributed by atoms with Gasteiger partial charge in [-0.25, -0.2) is 4.98 Å². The first kappa shape index (κ1) is 12.6. The molecule has 3 nitrogen and oxygen atoms in total. The van der Waals surface area contributed by atoms with Crippen LogP contribution in [0.4, 0.5) is 0 Å². The summed E-state index contributed by atoms with van der Waals surface area (Å²) in [7, 11) is 1.92. The number of aromatic nitrogens is 2. The van der Waals surface area contributed by atoms with Gasteiger partial charge >= 0.3 is 0 Å². The van der Waals surface area contributed by atoms with Gasteiger partial charge in [-0.1, -0.05) is 6.07 Å². The van der Waals surface area contributed by atoms with E-state index in [1.165, 1.54) is 22.3 Å². The quantitative estimate of drug-likeness (QED) is 0.758. The molecule has 0 amide bonds. The molecule has 1 aromatic carbocycles. The molecule has 2 rings (SSSR count). The fraction of sp³-hybridized carbons (Fsp3) is 0.333. The molecule has 2 aromatic rings. The first-order chi connectivity index (χ1) is 8.47. The van der Waals surface area contributed by atoms with Gasteiger partial charge in [0.25, 0.3) is 0 Å². The van der Waals surface area contributed by atoms with Gasteiger partial charge in [0.1, 0.15) is 5.69 Å². The van der Waals surface area contributed by atoms with Crippen LogP contribution in [0, 0.1) is 27.7 Å². The van der Waals surface area contributed by atoms with E-state index in [9.17, 15) is 4.79 Å². The number of carbonyl (C=O) groups is 1. The van der Waals surface area contributed by atoms with Crippen molar-refractivity contribution in [3.63, 3.8) is 0 Å². The number of hydrogen-bond acceptors (Lipinski definition) is 2. The third-order valence-corrected chi connectivity index (χ3v) is 3.68. The number of benzene rings is 1. The predicted molar refractivity (Wildman–Crippen MR) is 73.0 cm³/mol. The van der Waals surface area contributed by atoms with Crippen molar-refractivity contribution in [3.05, 3.63) is 40.3 Å². The summed E-state index contributed by atoms with van der Waals surface area (Å²) in [6, 6.07) is 2.19. The topological polar surface area (TPSA) is 34.9 Å². The van der Waals surface area contributed by atoms with E-state index in [-0.39, 0.29) is 0 Å². The van der Waals surface area contributed by atoms with Crippen LogP contribution in [-0.2, 0) is 7.05 Å². The molecule has 0 aliphatic carbocycles. The Balaban J connectivity index is 2.86. The predicted octanol–water partition coefficient (Wildman–Crippen LogP) is 3.13. The third kappa shape index (κ3) is 1.76. The molecule has 0 aliphatic heterocycles. The van der Waals surface area contributed by atoms with E-state index in [4.69, 9.17) is 0 Å². The molecular formula is C15H18N2O. The van der Waals surface area contributed by atoms with Gasteiger partial charge in [-0.15, -0.1) is 0 Å². The van der Waals surface area contributed by atoms with Crippen molar-refractivity contribution in [1.29, 1.82) is 0 Å². The maximum Gasteiger partial charge on any atom is 0.170 e. The zero-order chi connectivity index (χ0) is 13.4. The molecule has 1 aromatic heterocycles. The lowest BCUT2D eigenvalue weighted by Gasteiger charge is -2.16. The number of aryl methyl sites for hydroxylation is 3. The molecule has 0 spiro atoms. The van der Waals surface area contributed by atoms with Gasteiger partial charge in [0.05, 0.1) is 12.0 Å². The Labute approximate surface area is 107 Å². The van der Waals surface area contributed by atoms with Crippen molar-refractivity contribution < 1.29 is 4.79 Å². The zero-order valence-electron chi connectivity index (χ0n) is 11.5. The van der Waals surface area contributed by atoms with Gasteiger partial charge in [-0.05, 0) is 49.9 Å². The van der Waals surface area contributed by atoms with Crippen molar-refractivity contribution in [3.8, 4) is 11.3 Å². The van der Waals surface area contributed by atoms with Crippen LogP contribution in [0.15, 0.2) is 12.4 Å². The summed E-state index contributed by atoms with van der Waals surface area (Å²) < 4.78 is 1.91. The highest BCUT2D eigenvalue weighted by molar-refractivity contribution is 5.86. The van der Waals surface area contributed by atoms with Gasteiger partial charge in [0.2, 0.25) is 0 Å². The van der Waals surface area contributed by atoms with E-state index >= 15 is 0 Å². The monoisotopic (exact) mass is 242 g/mol. The van der Waals surface area contributed by atoms with Crippen LogP contribution in [0.25, 0.3) is 11.3 Å². The molecule has 3 heteroatoms. The average molecular weight is 242 g/mol. The second-order valence-corrected chi connectivity index (χ2v) is 4.84. The minimum Gasteiger partial charge on any atom is -0.333 e. The smallest absolute Gasteiger partial charge is 0.170 e. The highest BCUT2D eigenvalue weighted by Gasteiger charge is 2.17. The van der Waals surface area contributed by atoms with Gasteiger partial charge in [0.15, 0.2) is 6.29 Å². The van der Waals surface area contributed by atoms with Crippen LogP contribution < -0.4 is 0 Å². The van der Waals surface area contributed by atoms with Crippen LogP contribution >= 0.6 is 0 Å². The summed E-state index contributed by atoms with van der Waals surface area (Å²) in [5, 5.41) is 0. The van der Waals surface area contributed by atoms with Crippen molar-refractivity contribution in [2.45, 2.75) is 27.7 Å². The Morgan fingerprint density at radius 3 is 2.17 bits per heavy atom. The van der Waals surface area contributed by atoms with Crippen LogP contribution in [-0.4, -0.2) is 15.8 Å². The molecule has 0 radical (unpaired) electrons. The number of rotatable bonds is 2. The summed E-state index contributed by atoms with van der Waals surface area (Å²) in [6.07, 6.45) is 2.52. The van der Waals surface area contributed by atoms with Crippen LogP contribution in [0.3, 0.4) is 0 Å². The van der Waals surface area contributed by atoms with E-state index in [1.54, 1.807) is 6.33 Å². The number of hydrogen-bond donors (Lipinski definition) is 0. The van der Waals surface area contributed by atoms with E-state index in [2.05, 4.69) is 38.7 Å².